The number of halogens is 2. The molecule has 0 amide bonds. The van der Waals surface area contributed by atoms with Gasteiger partial charge in [0.15, 0.2) is 17.3 Å². The Morgan fingerprint density at radius 1 is 1.15 bits per heavy atom. The van der Waals surface area contributed by atoms with Crippen LogP contribution in [-0.4, -0.2) is 29.9 Å². The van der Waals surface area contributed by atoms with E-state index in [1.54, 1.807) is 0 Å². The fourth-order valence-electron chi connectivity index (χ4n) is 2.41. The number of H-pyrrole nitrogens is 2. The van der Waals surface area contributed by atoms with Gasteiger partial charge in [-0.3, -0.25) is 9.89 Å². The van der Waals surface area contributed by atoms with Crippen LogP contribution in [0.4, 0.5) is 8.78 Å². The number of rotatable bonds is 7. The molecule has 9 heteroatoms. The Bertz CT molecular complexity index is 1010. The van der Waals surface area contributed by atoms with Gasteiger partial charge in [0.2, 0.25) is 0 Å². The van der Waals surface area contributed by atoms with Gasteiger partial charge in [0, 0.05) is 26.8 Å². The summed E-state index contributed by atoms with van der Waals surface area (Å²) < 4.78 is 37.7. The van der Waals surface area contributed by atoms with E-state index in [2.05, 4.69) is 34.8 Å². The van der Waals surface area contributed by atoms with Crippen molar-refractivity contribution in [3.63, 3.8) is 0 Å². The van der Waals surface area contributed by atoms with Gasteiger partial charge in [-0.1, -0.05) is 19.6 Å². The Balaban J connectivity index is 1.77. The van der Waals surface area contributed by atoms with E-state index in [1.807, 2.05) is 0 Å². The van der Waals surface area contributed by atoms with Gasteiger partial charge in [-0.25, -0.2) is 8.78 Å². The van der Waals surface area contributed by atoms with Crippen LogP contribution in [0.3, 0.4) is 0 Å². The molecule has 144 valence electrons. The standard InChI is InChI=1S/C18H21F2N3O3Si/c1-27(2,3)7-6-25-10-14-17-13(22-23-14)9-16(18(24)21-17)26-15-5-4-11(19)8-12(15)20/h4-5,8-9H,6-7,10H2,1-3H3,(H,21,24)(H,22,23). The number of ether oxygens (including phenoxy) is 2. The average molecular weight is 393 g/mol. The minimum atomic E-state index is -1.17. The number of pyridine rings is 1. The van der Waals surface area contributed by atoms with E-state index in [-0.39, 0.29) is 11.5 Å². The average Bonchev–Trinajstić information content (AvgIpc) is 2.95. The van der Waals surface area contributed by atoms with Gasteiger partial charge in [0.05, 0.1) is 17.8 Å². The monoisotopic (exact) mass is 393 g/mol. The Hall–Kier alpha value is -2.52. The van der Waals surface area contributed by atoms with Gasteiger partial charge in [-0.2, -0.15) is 5.10 Å². The normalized spacial score (nSPS) is 11.9. The van der Waals surface area contributed by atoms with Crippen LogP contribution >= 0.6 is 0 Å². The Morgan fingerprint density at radius 2 is 1.93 bits per heavy atom. The van der Waals surface area contributed by atoms with Crippen LogP contribution in [0, 0.1) is 11.6 Å². The number of fused-ring (bicyclic) bond motifs is 1. The van der Waals surface area contributed by atoms with Gasteiger partial charge in [0.1, 0.15) is 11.3 Å². The number of aromatic amines is 2. The van der Waals surface area contributed by atoms with E-state index < -0.39 is 25.3 Å². The number of aromatic nitrogens is 3. The summed E-state index contributed by atoms with van der Waals surface area (Å²) in [5.74, 6) is -2.00. The maximum atomic E-state index is 13.7. The number of nitrogens with zero attached hydrogens (tertiary/aromatic N) is 1. The van der Waals surface area contributed by atoms with Crippen LogP contribution < -0.4 is 10.3 Å². The maximum Gasteiger partial charge on any atom is 0.291 e. The first-order valence-corrected chi connectivity index (χ1v) is 12.2. The second-order valence-corrected chi connectivity index (χ2v) is 13.1. The van der Waals surface area contributed by atoms with Crippen molar-refractivity contribution in [3.05, 3.63) is 51.9 Å². The predicted octanol–water partition coefficient (Wildman–Crippen LogP) is 4.18. The summed E-state index contributed by atoms with van der Waals surface area (Å²) in [5.41, 5.74) is 1.07. The smallest absolute Gasteiger partial charge is 0.291 e. The molecule has 0 aliphatic heterocycles. The van der Waals surface area contributed by atoms with Gasteiger partial charge < -0.3 is 14.5 Å². The minimum absolute atomic E-state index is 0.134. The van der Waals surface area contributed by atoms with Crippen molar-refractivity contribution in [2.24, 2.45) is 0 Å². The Morgan fingerprint density at radius 3 is 2.63 bits per heavy atom. The fraction of sp³-hybridized carbons (Fsp3) is 0.333. The topological polar surface area (TPSA) is 80.0 Å². The molecule has 0 bridgehead atoms. The van der Waals surface area contributed by atoms with Crippen molar-refractivity contribution in [2.45, 2.75) is 32.3 Å². The second-order valence-electron chi connectivity index (χ2n) is 7.47. The molecule has 3 rings (SSSR count). The van der Waals surface area contributed by atoms with Gasteiger partial charge in [-0.15, -0.1) is 0 Å². The lowest BCUT2D eigenvalue weighted by molar-refractivity contribution is 0.131. The molecule has 0 saturated carbocycles. The second kappa shape index (κ2) is 7.61. The van der Waals surface area contributed by atoms with Gasteiger partial charge in [0.25, 0.3) is 5.56 Å². The van der Waals surface area contributed by atoms with E-state index in [0.717, 1.165) is 18.2 Å². The molecule has 0 radical (unpaired) electrons. The third kappa shape index (κ3) is 4.80. The molecule has 0 spiro atoms. The van der Waals surface area contributed by atoms with Crippen molar-refractivity contribution in [3.8, 4) is 11.5 Å². The summed E-state index contributed by atoms with van der Waals surface area (Å²) in [5, 5.41) is 6.96. The van der Waals surface area contributed by atoms with E-state index in [4.69, 9.17) is 9.47 Å². The van der Waals surface area contributed by atoms with Crippen molar-refractivity contribution in [1.82, 2.24) is 15.2 Å². The molecule has 2 N–H and O–H groups in total. The van der Waals surface area contributed by atoms with Crippen molar-refractivity contribution >= 4 is 19.1 Å². The summed E-state index contributed by atoms with van der Waals surface area (Å²) in [4.78, 5) is 14.9. The summed E-state index contributed by atoms with van der Waals surface area (Å²) in [6, 6.07) is 5.30. The molecule has 0 saturated heterocycles. The summed E-state index contributed by atoms with van der Waals surface area (Å²) in [6.07, 6.45) is 0. The zero-order valence-corrected chi connectivity index (χ0v) is 16.4. The molecule has 6 nitrogen and oxygen atoms in total. The zero-order chi connectivity index (χ0) is 19.6. The molecule has 27 heavy (non-hydrogen) atoms. The molecular weight excluding hydrogens is 372 g/mol. The van der Waals surface area contributed by atoms with Crippen molar-refractivity contribution < 1.29 is 18.3 Å². The van der Waals surface area contributed by atoms with Crippen molar-refractivity contribution in [2.75, 3.05) is 6.61 Å². The summed E-state index contributed by atoms with van der Waals surface area (Å²) in [7, 11) is -1.17. The van der Waals surface area contributed by atoms with E-state index >= 15 is 0 Å². The number of benzene rings is 1. The minimum Gasteiger partial charge on any atom is -0.448 e. The maximum absolute atomic E-state index is 13.7. The molecule has 3 aromatic rings. The molecule has 0 aliphatic carbocycles. The fourth-order valence-corrected chi connectivity index (χ4v) is 3.17. The van der Waals surface area contributed by atoms with Crippen LogP contribution in [0.1, 0.15) is 5.69 Å². The molecule has 2 heterocycles. The third-order valence-electron chi connectivity index (χ3n) is 3.96. The molecule has 2 aromatic heterocycles. The summed E-state index contributed by atoms with van der Waals surface area (Å²) in [6.45, 7) is 7.75. The van der Waals surface area contributed by atoms with Crippen LogP contribution in [0.15, 0.2) is 29.1 Å². The highest BCUT2D eigenvalue weighted by molar-refractivity contribution is 6.76. The van der Waals surface area contributed by atoms with Gasteiger partial charge >= 0.3 is 0 Å². The zero-order valence-electron chi connectivity index (χ0n) is 15.4. The largest absolute Gasteiger partial charge is 0.448 e. The SMILES string of the molecule is C[Si](C)(C)CCOCc1[nH]nc2cc(Oc3ccc(F)cc3F)c(=O)[nH]c12. The quantitative estimate of drug-likeness (QED) is 0.466. The lowest BCUT2D eigenvalue weighted by atomic mass is 10.3. The first-order chi connectivity index (χ1) is 12.7. The lowest BCUT2D eigenvalue weighted by Crippen LogP contribution is -2.21. The predicted molar refractivity (Wildman–Crippen MR) is 101 cm³/mol. The lowest BCUT2D eigenvalue weighted by Gasteiger charge is -2.15. The number of hydrogen-bond acceptors (Lipinski definition) is 4. The molecular formula is C18H21F2N3O3Si. The third-order valence-corrected chi connectivity index (χ3v) is 5.66. The van der Waals surface area contributed by atoms with E-state index in [9.17, 15) is 13.6 Å². The molecule has 0 atom stereocenters. The van der Waals surface area contributed by atoms with Crippen LogP contribution in [0.5, 0.6) is 11.5 Å². The first-order valence-electron chi connectivity index (χ1n) is 8.54. The van der Waals surface area contributed by atoms with Crippen LogP contribution in [0.25, 0.3) is 11.0 Å². The van der Waals surface area contributed by atoms with Gasteiger partial charge in [-0.05, 0) is 18.2 Å². The molecule has 1 aromatic carbocycles. The number of nitrogens with one attached hydrogen (secondary N) is 2. The highest BCUT2D eigenvalue weighted by Crippen LogP contribution is 2.24. The van der Waals surface area contributed by atoms with Crippen molar-refractivity contribution in [1.29, 1.82) is 0 Å². The Kier molecular flexibility index (Phi) is 5.42. The first kappa shape index (κ1) is 19.2. The summed E-state index contributed by atoms with van der Waals surface area (Å²) >= 11 is 0. The highest BCUT2D eigenvalue weighted by atomic mass is 28.3. The highest BCUT2D eigenvalue weighted by Gasteiger charge is 2.15. The molecule has 0 unspecified atom stereocenters. The van der Waals surface area contributed by atoms with E-state index in [0.29, 0.717) is 36.0 Å². The Labute approximate surface area is 155 Å². The molecule has 0 aliphatic rings. The van der Waals surface area contributed by atoms with Crippen LogP contribution in [-0.2, 0) is 11.3 Å². The van der Waals surface area contributed by atoms with E-state index in [1.165, 1.54) is 6.07 Å². The number of hydrogen-bond donors (Lipinski definition) is 2. The van der Waals surface area contributed by atoms with Crippen LogP contribution in [0.2, 0.25) is 25.7 Å². The molecule has 0 fully saturated rings.